The van der Waals surface area contributed by atoms with Gasteiger partial charge >= 0.3 is 0 Å². The number of ether oxygens (including phenoxy) is 2. The van der Waals surface area contributed by atoms with Crippen LogP contribution in [0.25, 0.3) is 0 Å². The Bertz CT molecular complexity index is 158. The van der Waals surface area contributed by atoms with Gasteiger partial charge in [-0.05, 0) is 31.7 Å². The molecule has 1 atom stereocenters. The lowest BCUT2D eigenvalue weighted by Crippen LogP contribution is -2.38. The maximum atomic E-state index is 5.79. The highest BCUT2D eigenvalue weighted by molar-refractivity contribution is 4.68. The van der Waals surface area contributed by atoms with E-state index in [0.717, 1.165) is 38.7 Å². The molecule has 1 aliphatic rings. The summed E-state index contributed by atoms with van der Waals surface area (Å²) >= 11 is 0. The van der Waals surface area contributed by atoms with E-state index in [1.807, 2.05) is 0 Å². The molecule has 1 aliphatic carbocycles. The zero-order valence-corrected chi connectivity index (χ0v) is 10.8. The number of methoxy groups -OCH3 is 1. The SMILES string of the molecule is CCCNC(COC)COCC1CCCC1. The summed E-state index contributed by atoms with van der Waals surface area (Å²) in [7, 11) is 1.75. The first-order valence-corrected chi connectivity index (χ1v) is 6.66. The molecule has 0 bridgehead atoms. The van der Waals surface area contributed by atoms with E-state index >= 15 is 0 Å². The van der Waals surface area contributed by atoms with E-state index in [0.29, 0.717) is 6.04 Å². The third kappa shape index (κ3) is 5.83. The Morgan fingerprint density at radius 3 is 2.62 bits per heavy atom. The van der Waals surface area contributed by atoms with Crippen molar-refractivity contribution in [2.45, 2.75) is 45.1 Å². The third-order valence-corrected chi connectivity index (χ3v) is 3.20. The van der Waals surface area contributed by atoms with E-state index < -0.39 is 0 Å². The first-order valence-electron chi connectivity index (χ1n) is 6.66. The molecule has 0 aromatic rings. The second-order valence-corrected chi connectivity index (χ2v) is 4.79. The van der Waals surface area contributed by atoms with Crippen molar-refractivity contribution in [3.8, 4) is 0 Å². The number of hydrogen-bond acceptors (Lipinski definition) is 3. The molecule has 0 aromatic carbocycles. The zero-order chi connectivity index (χ0) is 11.6. The van der Waals surface area contributed by atoms with Gasteiger partial charge in [-0.2, -0.15) is 0 Å². The Hall–Kier alpha value is -0.120. The fraction of sp³-hybridized carbons (Fsp3) is 1.00. The van der Waals surface area contributed by atoms with Crippen LogP contribution in [0.3, 0.4) is 0 Å². The zero-order valence-electron chi connectivity index (χ0n) is 10.8. The van der Waals surface area contributed by atoms with Gasteiger partial charge in [0, 0.05) is 13.7 Å². The number of nitrogens with one attached hydrogen (secondary N) is 1. The summed E-state index contributed by atoms with van der Waals surface area (Å²) in [5.74, 6) is 0.814. The second kappa shape index (κ2) is 8.97. The lowest BCUT2D eigenvalue weighted by Gasteiger charge is -2.19. The number of rotatable bonds is 9. The molecule has 16 heavy (non-hydrogen) atoms. The van der Waals surface area contributed by atoms with Crippen molar-refractivity contribution in [1.82, 2.24) is 5.32 Å². The molecule has 0 aromatic heterocycles. The van der Waals surface area contributed by atoms with Gasteiger partial charge in [0.05, 0.1) is 19.3 Å². The molecule has 3 heteroatoms. The molecule has 3 nitrogen and oxygen atoms in total. The van der Waals surface area contributed by atoms with Crippen molar-refractivity contribution in [3.05, 3.63) is 0 Å². The summed E-state index contributed by atoms with van der Waals surface area (Å²) < 4.78 is 11.0. The van der Waals surface area contributed by atoms with Crippen molar-refractivity contribution < 1.29 is 9.47 Å². The summed E-state index contributed by atoms with van der Waals surface area (Å²) in [6, 6.07) is 0.353. The van der Waals surface area contributed by atoms with Gasteiger partial charge in [0.15, 0.2) is 0 Å². The van der Waals surface area contributed by atoms with Crippen molar-refractivity contribution >= 4 is 0 Å². The van der Waals surface area contributed by atoms with Crippen LogP contribution < -0.4 is 5.32 Å². The molecule has 1 unspecified atom stereocenters. The van der Waals surface area contributed by atoms with Crippen molar-refractivity contribution in [3.63, 3.8) is 0 Å². The predicted molar refractivity (Wildman–Crippen MR) is 66.7 cm³/mol. The highest BCUT2D eigenvalue weighted by Gasteiger charge is 2.16. The van der Waals surface area contributed by atoms with Crippen molar-refractivity contribution in [2.75, 3.05) is 33.5 Å². The maximum Gasteiger partial charge on any atom is 0.0642 e. The second-order valence-electron chi connectivity index (χ2n) is 4.79. The molecule has 0 heterocycles. The minimum absolute atomic E-state index is 0.353. The average molecular weight is 229 g/mol. The Kier molecular flexibility index (Phi) is 7.81. The minimum Gasteiger partial charge on any atom is -0.383 e. The first-order chi connectivity index (χ1) is 7.86. The van der Waals surface area contributed by atoms with Gasteiger partial charge in [-0.25, -0.2) is 0 Å². The van der Waals surface area contributed by atoms with Gasteiger partial charge in [0.25, 0.3) is 0 Å². The molecule has 1 rings (SSSR count). The van der Waals surface area contributed by atoms with E-state index in [1.165, 1.54) is 25.7 Å². The van der Waals surface area contributed by atoms with Gasteiger partial charge in [-0.1, -0.05) is 19.8 Å². The average Bonchev–Trinajstić information content (AvgIpc) is 2.79. The van der Waals surface area contributed by atoms with Gasteiger partial charge in [-0.15, -0.1) is 0 Å². The van der Waals surface area contributed by atoms with Crippen LogP contribution in [0, 0.1) is 5.92 Å². The Morgan fingerprint density at radius 2 is 2.00 bits per heavy atom. The highest BCUT2D eigenvalue weighted by Crippen LogP contribution is 2.24. The quantitative estimate of drug-likeness (QED) is 0.657. The summed E-state index contributed by atoms with van der Waals surface area (Å²) in [6.45, 7) is 5.68. The molecule has 96 valence electrons. The summed E-state index contributed by atoms with van der Waals surface area (Å²) in [4.78, 5) is 0. The molecule has 1 saturated carbocycles. The summed E-state index contributed by atoms with van der Waals surface area (Å²) in [6.07, 6.45) is 6.66. The van der Waals surface area contributed by atoms with E-state index in [-0.39, 0.29) is 0 Å². The first kappa shape index (κ1) is 13.9. The minimum atomic E-state index is 0.353. The van der Waals surface area contributed by atoms with Crippen LogP contribution >= 0.6 is 0 Å². The monoisotopic (exact) mass is 229 g/mol. The number of hydrogen-bond donors (Lipinski definition) is 1. The molecular formula is C13H27NO2. The normalized spacial score (nSPS) is 19.1. The standard InChI is InChI=1S/C13H27NO2/c1-3-8-14-13(10-15-2)11-16-9-12-6-4-5-7-12/h12-14H,3-11H2,1-2H3. The van der Waals surface area contributed by atoms with Gasteiger partial charge in [0.1, 0.15) is 0 Å². The molecule has 0 spiro atoms. The highest BCUT2D eigenvalue weighted by atomic mass is 16.5. The van der Waals surface area contributed by atoms with E-state index in [2.05, 4.69) is 12.2 Å². The summed E-state index contributed by atoms with van der Waals surface area (Å²) in [5, 5.41) is 3.45. The maximum absolute atomic E-state index is 5.79. The van der Waals surface area contributed by atoms with Gasteiger partial charge in [0.2, 0.25) is 0 Å². The van der Waals surface area contributed by atoms with Gasteiger partial charge < -0.3 is 14.8 Å². The summed E-state index contributed by atoms with van der Waals surface area (Å²) in [5.41, 5.74) is 0. The molecule has 0 amide bonds. The lowest BCUT2D eigenvalue weighted by atomic mass is 10.1. The van der Waals surface area contributed by atoms with Crippen LogP contribution in [0.5, 0.6) is 0 Å². The topological polar surface area (TPSA) is 30.5 Å². The fourth-order valence-electron chi connectivity index (χ4n) is 2.27. The van der Waals surface area contributed by atoms with Crippen molar-refractivity contribution in [1.29, 1.82) is 0 Å². The largest absolute Gasteiger partial charge is 0.383 e. The third-order valence-electron chi connectivity index (χ3n) is 3.20. The van der Waals surface area contributed by atoms with Crippen LogP contribution in [0.1, 0.15) is 39.0 Å². The Morgan fingerprint density at radius 1 is 1.25 bits per heavy atom. The molecule has 1 N–H and O–H groups in total. The molecule has 1 fully saturated rings. The Labute approximate surface area is 99.9 Å². The predicted octanol–water partition coefficient (Wildman–Crippen LogP) is 2.21. The van der Waals surface area contributed by atoms with E-state index in [1.54, 1.807) is 7.11 Å². The molecule has 0 radical (unpaired) electrons. The Balaban J connectivity index is 2.05. The van der Waals surface area contributed by atoms with Crippen molar-refractivity contribution in [2.24, 2.45) is 5.92 Å². The van der Waals surface area contributed by atoms with Crippen LogP contribution in [0.4, 0.5) is 0 Å². The fourth-order valence-corrected chi connectivity index (χ4v) is 2.27. The van der Waals surface area contributed by atoms with E-state index in [9.17, 15) is 0 Å². The van der Waals surface area contributed by atoms with Crippen LogP contribution in [0.15, 0.2) is 0 Å². The van der Waals surface area contributed by atoms with Crippen LogP contribution in [0.2, 0.25) is 0 Å². The molecule has 0 aliphatic heterocycles. The molecular weight excluding hydrogens is 202 g/mol. The lowest BCUT2D eigenvalue weighted by molar-refractivity contribution is 0.0564. The molecule has 0 saturated heterocycles. The van der Waals surface area contributed by atoms with Crippen LogP contribution in [-0.4, -0.2) is 39.5 Å². The van der Waals surface area contributed by atoms with Gasteiger partial charge in [-0.3, -0.25) is 0 Å². The van der Waals surface area contributed by atoms with E-state index in [4.69, 9.17) is 9.47 Å². The van der Waals surface area contributed by atoms with Crippen LogP contribution in [-0.2, 0) is 9.47 Å². The smallest absolute Gasteiger partial charge is 0.0642 e.